The average Bonchev–Trinajstić information content (AvgIpc) is 3.05. The molecule has 1 saturated heterocycles. The lowest BCUT2D eigenvalue weighted by Crippen LogP contribution is -2.38. The molecule has 22 heavy (non-hydrogen) atoms. The highest BCUT2D eigenvalue weighted by atomic mass is 16.6. The number of amides is 2. The highest BCUT2D eigenvalue weighted by Crippen LogP contribution is 2.21. The number of ether oxygens (including phenoxy) is 1. The summed E-state index contributed by atoms with van der Waals surface area (Å²) in [6.45, 7) is 4.12. The summed E-state index contributed by atoms with van der Waals surface area (Å²) in [5.74, 6) is -0.146. The van der Waals surface area contributed by atoms with Crippen molar-refractivity contribution < 1.29 is 14.3 Å². The van der Waals surface area contributed by atoms with E-state index in [-0.39, 0.29) is 12.0 Å². The molecule has 2 aromatic rings. The summed E-state index contributed by atoms with van der Waals surface area (Å²) < 4.78 is 5.28. The van der Waals surface area contributed by atoms with Gasteiger partial charge in [0.25, 0.3) is 0 Å². The second-order valence-corrected chi connectivity index (χ2v) is 5.23. The van der Waals surface area contributed by atoms with Gasteiger partial charge in [-0.25, -0.2) is 4.79 Å². The van der Waals surface area contributed by atoms with Crippen LogP contribution in [0.4, 0.5) is 4.79 Å². The lowest BCUT2D eigenvalue weighted by Gasteiger charge is -2.13. The number of benzene rings is 1. The Morgan fingerprint density at radius 3 is 2.95 bits per heavy atom. The van der Waals surface area contributed by atoms with Crippen LogP contribution in [-0.2, 0) is 16.0 Å². The zero-order valence-electron chi connectivity index (χ0n) is 12.6. The van der Waals surface area contributed by atoms with Crippen molar-refractivity contribution >= 4 is 22.9 Å². The minimum Gasteiger partial charge on any atom is -0.441 e. The summed E-state index contributed by atoms with van der Waals surface area (Å²) in [5.41, 5.74) is 1.81. The Labute approximate surface area is 127 Å². The highest BCUT2D eigenvalue weighted by Gasteiger charge is 2.34. The first-order chi connectivity index (χ1) is 10.6. The molecule has 1 unspecified atom stereocenters. The van der Waals surface area contributed by atoms with E-state index in [4.69, 9.17) is 4.74 Å². The molecule has 1 N–H and O–H groups in total. The largest absolute Gasteiger partial charge is 0.441 e. The van der Waals surface area contributed by atoms with Gasteiger partial charge < -0.3 is 10.1 Å². The summed E-state index contributed by atoms with van der Waals surface area (Å²) in [6.07, 6.45) is -0.0400. The second-order valence-electron chi connectivity index (χ2n) is 5.23. The van der Waals surface area contributed by atoms with Crippen molar-refractivity contribution in [3.63, 3.8) is 0 Å². The first kappa shape index (κ1) is 14.4. The third-order valence-electron chi connectivity index (χ3n) is 3.64. The third kappa shape index (κ3) is 2.49. The number of cyclic esters (lactones) is 1. The van der Waals surface area contributed by atoms with Gasteiger partial charge in [-0.3, -0.25) is 4.79 Å². The molecule has 1 atom stereocenters. The van der Waals surface area contributed by atoms with Crippen LogP contribution in [0.1, 0.15) is 19.5 Å². The Morgan fingerprint density at radius 2 is 2.23 bits per heavy atom. The summed E-state index contributed by atoms with van der Waals surface area (Å²) >= 11 is 0. The topological polar surface area (TPSA) is 76.5 Å². The molecule has 0 bridgehead atoms. The molecule has 0 spiro atoms. The fourth-order valence-electron chi connectivity index (χ4n) is 2.59. The van der Waals surface area contributed by atoms with Crippen LogP contribution >= 0.6 is 0 Å². The molecule has 0 aliphatic carbocycles. The molecule has 1 fully saturated rings. The van der Waals surface area contributed by atoms with Crippen LogP contribution in [0.3, 0.4) is 0 Å². The SMILES string of the molecule is CCc1nn(N2CC(CNC(C)=O)OC2=O)c2ccccc12. The number of para-hydroxylation sites is 1. The van der Waals surface area contributed by atoms with Crippen LogP contribution in [0.5, 0.6) is 0 Å². The Kier molecular flexibility index (Phi) is 3.70. The first-order valence-corrected chi connectivity index (χ1v) is 7.29. The number of hydrogen-bond acceptors (Lipinski definition) is 4. The van der Waals surface area contributed by atoms with E-state index in [0.717, 1.165) is 23.0 Å². The molecule has 116 valence electrons. The predicted molar refractivity (Wildman–Crippen MR) is 81.1 cm³/mol. The van der Waals surface area contributed by atoms with E-state index in [0.29, 0.717) is 13.1 Å². The van der Waals surface area contributed by atoms with Gasteiger partial charge in [0.15, 0.2) is 0 Å². The van der Waals surface area contributed by atoms with Crippen molar-refractivity contribution in [2.24, 2.45) is 0 Å². The number of rotatable bonds is 4. The maximum absolute atomic E-state index is 12.1. The molecule has 1 aliphatic rings. The Hall–Kier alpha value is -2.57. The number of carbonyl (C=O) groups excluding carboxylic acids is 2. The van der Waals surface area contributed by atoms with Crippen LogP contribution in [0.25, 0.3) is 10.9 Å². The zero-order valence-corrected chi connectivity index (χ0v) is 12.6. The first-order valence-electron chi connectivity index (χ1n) is 7.29. The molecule has 1 aromatic carbocycles. The molecule has 1 aromatic heterocycles. The van der Waals surface area contributed by atoms with Gasteiger partial charge >= 0.3 is 6.09 Å². The lowest BCUT2D eigenvalue weighted by molar-refractivity contribution is -0.119. The number of aryl methyl sites for hydroxylation is 1. The van der Waals surface area contributed by atoms with Crippen molar-refractivity contribution in [2.45, 2.75) is 26.4 Å². The van der Waals surface area contributed by atoms with Gasteiger partial charge in [0.05, 0.1) is 24.3 Å². The number of nitrogens with one attached hydrogen (secondary N) is 1. The van der Waals surface area contributed by atoms with E-state index in [1.54, 1.807) is 4.79 Å². The normalized spacial score (nSPS) is 17.8. The molecule has 2 amide bonds. The van der Waals surface area contributed by atoms with Crippen LogP contribution in [0.2, 0.25) is 0 Å². The third-order valence-corrected chi connectivity index (χ3v) is 3.64. The molecule has 2 heterocycles. The van der Waals surface area contributed by atoms with Crippen molar-refractivity contribution in [1.29, 1.82) is 0 Å². The summed E-state index contributed by atoms with van der Waals surface area (Å²) in [5, 5.41) is 9.68. The van der Waals surface area contributed by atoms with Crippen molar-refractivity contribution in [1.82, 2.24) is 15.2 Å². The van der Waals surface area contributed by atoms with E-state index in [1.807, 2.05) is 31.2 Å². The molecule has 0 radical (unpaired) electrons. The molecular formula is C15H18N4O3. The van der Waals surface area contributed by atoms with E-state index < -0.39 is 6.09 Å². The number of aromatic nitrogens is 2. The average molecular weight is 302 g/mol. The van der Waals surface area contributed by atoms with Gasteiger partial charge in [-0.05, 0) is 12.5 Å². The lowest BCUT2D eigenvalue weighted by atomic mass is 10.2. The quantitative estimate of drug-likeness (QED) is 0.920. The van der Waals surface area contributed by atoms with Crippen LogP contribution in [-0.4, -0.2) is 41.1 Å². The van der Waals surface area contributed by atoms with Gasteiger partial charge in [-0.2, -0.15) is 14.9 Å². The van der Waals surface area contributed by atoms with Crippen molar-refractivity contribution in [2.75, 3.05) is 18.1 Å². The Bertz CT molecular complexity index is 725. The van der Waals surface area contributed by atoms with Gasteiger partial charge in [0.1, 0.15) is 6.10 Å². The van der Waals surface area contributed by atoms with E-state index in [1.165, 1.54) is 11.9 Å². The fourth-order valence-corrected chi connectivity index (χ4v) is 2.59. The van der Waals surface area contributed by atoms with Crippen molar-refractivity contribution in [3.8, 4) is 0 Å². The van der Waals surface area contributed by atoms with Gasteiger partial charge in [-0.15, -0.1) is 0 Å². The number of carbonyl (C=O) groups is 2. The maximum atomic E-state index is 12.1. The molecule has 1 aliphatic heterocycles. The Morgan fingerprint density at radius 1 is 1.45 bits per heavy atom. The van der Waals surface area contributed by atoms with Crippen LogP contribution in [0, 0.1) is 0 Å². The fraction of sp³-hybridized carbons (Fsp3) is 0.400. The summed E-state index contributed by atoms with van der Waals surface area (Å²) in [4.78, 5) is 24.7. The molecule has 7 heteroatoms. The van der Waals surface area contributed by atoms with Gasteiger partial charge in [0.2, 0.25) is 5.91 Å². The number of fused-ring (bicyclic) bond motifs is 1. The van der Waals surface area contributed by atoms with E-state index in [2.05, 4.69) is 10.4 Å². The predicted octanol–water partition coefficient (Wildman–Crippen LogP) is 1.19. The van der Waals surface area contributed by atoms with E-state index in [9.17, 15) is 9.59 Å². The zero-order chi connectivity index (χ0) is 15.7. The number of nitrogens with zero attached hydrogens (tertiary/aromatic N) is 3. The number of hydrogen-bond donors (Lipinski definition) is 1. The van der Waals surface area contributed by atoms with Crippen LogP contribution < -0.4 is 10.3 Å². The molecule has 3 rings (SSSR count). The monoisotopic (exact) mass is 302 g/mol. The molecule has 0 saturated carbocycles. The van der Waals surface area contributed by atoms with Gasteiger partial charge in [-0.1, -0.05) is 25.1 Å². The van der Waals surface area contributed by atoms with Crippen molar-refractivity contribution in [3.05, 3.63) is 30.0 Å². The van der Waals surface area contributed by atoms with E-state index >= 15 is 0 Å². The minimum atomic E-state index is -0.453. The molecular weight excluding hydrogens is 284 g/mol. The molecule has 7 nitrogen and oxygen atoms in total. The highest BCUT2D eigenvalue weighted by molar-refractivity contribution is 5.87. The van der Waals surface area contributed by atoms with Crippen LogP contribution in [0.15, 0.2) is 24.3 Å². The maximum Gasteiger partial charge on any atom is 0.430 e. The standard InChI is InChI=1S/C15H18N4O3/c1-3-13-12-6-4-5-7-14(12)19(17-13)18-9-11(22-15(18)21)8-16-10(2)20/h4-7,11H,3,8-9H2,1-2H3,(H,16,20). The smallest absolute Gasteiger partial charge is 0.430 e. The summed E-state index contributed by atoms with van der Waals surface area (Å²) in [7, 11) is 0. The Balaban J connectivity index is 1.88. The minimum absolute atomic E-state index is 0.146. The second kappa shape index (κ2) is 5.67. The summed E-state index contributed by atoms with van der Waals surface area (Å²) in [6, 6.07) is 7.79. The van der Waals surface area contributed by atoms with Gasteiger partial charge in [0, 0.05) is 12.3 Å².